The lowest BCUT2D eigenvalue weighted by atomic mass is 10.2. The highest BCUT2D eigenvalue weighted by Crippen LogP contribution is 2.30. The molecular weight excluding hydrogens is 339 g/mol. The highest BCUT2D eigenvalue weighted by Gasteiger charge is 2.20. The van der Waals surface area contributed by atoms with Crippen LogP contribution in [0.1, 0.15) is 18.7 Å². The number of thiophene rings is 1. The average Bonchev–Trinajstić information content (AvgIpc) is 2.96. The van der Waals surface area contributed by atoms with Crippen molar-refractivity contribution in [3.63, 3.8) is 0 Å². The van der Waals surface area contributed by atoms with Gasteiger partial charge in [-0.05, 0) is 30.7 Å². The van der Waals surface area contributed by atoms with Crippen molar-refractivity contribution in [2.24, 2.45) is 0 Å². The number of carbonyl (C=O) groups is 1. The van der Waals surface area contributed by atoms with Crippen molar-refractivity contribution in [3.05, 3.63) is 41.0 Å². The molecule has 0 bridgehead atoms. The molecule has 1 aromatic heterocycles. The van der Waals surface area contributed by atoms with Gasteiger partial charge in [-0.15, -0.1) is 11.3 Å². The minimum atomic E-state index is -3.84. The van der Waals surface area contributed by atoms with E-state index in [0.717, 1.165) is 28.7 Å². The molecule has 1 N–H and O–H groups in total. The van der Waals surface area contributed by atoms with Gasteiger partial charge in [-0.25, -0.2) is 12.8 Å². The van der Waals surface area contributed by atoms with Crippen LogP contribution in [0.5, 0.6) is 0 Å². The van der Waals surface area contributed by atoms with Gasteiger partial charge in [-0.2, -0.15) is 0 Å². The molecule has 1 heterocycles. The number of anilines is 2. The molecule has 23 heavy (non-hydrogen) atoms. The van der Waals surface area contributed by atoms with Gasteiger partial charge in [0.05, 0.1) is 11.4 Å². The number of carbonyl (C=O) groups excluding carboxylic acids is 1. The SMILES string of the molecule is CCc1ccc(S(=O)(=O)Nc2cc(F)ccc2N(C)C(C)=O)s1. The van der Waals surface area contributed by atoms with Gasteiger partial charge in [-0.3, -0.25) is 9.52 Å². The highest BCUT2D eigenvalue weighted by molar-refractivity contribution is 7.94. The van der Waals surface area contributed by atoms with Crippen LogP contribution in [0.2, 0.25) is 0 Å². The summed E-state index contributed by atoms with van der Waals surface area (Å²) < 4.78 is 40.9. The molecule has 1 amide bonds. The van der Waals surface area contributed by atoms with Gasteiger partial charge in [0.15, 0.2) is 0 Å². The third kappa shape index (κ3) is 3.89. The molecule has 0 radical (unpaired) electrons. The first-order valence-electron chi connectivity index (χ1n) is 6.90. The maximum atomic E-state index is 13.5. The Morgan fingerprint density at radius 1 is 1.30 bits per heavy atom. The zero-order valence-electron chi connectivity index (χ0n) is 13.0. The summed E-state index contributed by atoms with van der Waals surface area (Å²) >= 11 is 1.16. The van der Waals surface area contributed by atoms with E-state index in [9.17, 15) is 17.6 Å². The van der Waals surface area contributed by atoms with E-state index in [2.05, 4.69) is 4.72 Å². The first-order valence-corrected chi connectivity index (χ1v) is 9.20. The minimum absolute atomic E-state index is 0.0224. The van der Waals surface area contributed by atoms with Crippen LogP contribution in [0.4, 0.5) is 15.8 Å². The number of aryl methyl sites for hydroxylation is 1. The molecule has 2 rings (SSSR count). The van der Waals surface area contributed by atoms with Crippen LogP contribution < -0.4 is 9.62 Å². The number of benzene rings is 1. The summed E-state index contributed by atoms with van der Waals surface area (Å²) in [6.07, 6.45) is 0.735. The predicted octanol–water partition coefficient (Wildman–Crippen LogP) is 3.23. The van der Waals surface area contributed by atoms with Crippen molar-refractivity contribution in [1.29, 1.82) is 0 Å². The van der Waals surface area contributed by atoms with Gasteiger partial charge >= 0.3 is 0 Å². The lowest BCUT2D eigenvalue weighted by Gasteiger charge is -2.19. The first-order chi connectivity index (χ1) is 10.7. The molecule has 0 atom stereocenters. The Morgan fingerprint density at radius 3 is 2.57 bits per heavy atom. The van der Waals surface area contributed by atoms with Gasteiger partial charge in [0.2, 0.25) is 5.91 Å². The van der Waals surface area contributed by atoms with Crippen molar-refractivity contribution in [1.82, 2.24) is 0 Å². The molecule has 0 aliphatic carbocycles. The van der Waals surface area contributed by atoms with Crippen molar-refractivity contribution >= 4 is 38.6 Å². The van der Waals surface area contributed by atoms with Gasteiger partial charge in [0.1, 0.15) is 10.0 Å². The Balaban J connectivity index is 2.42. The molecule has 0 fully saturated rings. The zero-order chi connectivity index (χ0) is 17.2. The molecule has 1 aromatic carbocycles. The molecule has 124 valence electrons. The highest BCUT2D eigenvalue weighted by atomic mass is 32.2. The Morgan fingerprint density at radius 2 is 2.00 bits per heavy atom. The molecule has 2 aromatic rings. The number of nitrogens with one attached hydrogen (secondary N) is 1. The maximum absolute atomic E-state index is 13.5. The number of amides is 1. The van der Waals surface area contributed by atoms with E-state index in [1.165, 1.54) is 37.1 Å². The fourth-order valence-electron chi connectivity index (χ4n) is 1.94. The Kier molecular flexibility index (Phi) is 5.06. The summed E-state index contributed by atoms with van der Waals surface area (Å²) in [5.41, 5.74) is 0.309. The van der Waals surface area contributed by atoms with E-state index < -0.39 is 15.8 Å². The fraction of sp³-hybridized carbons (Fsp3) is 0.267. The number of hydrogen-bond donors (Lipinski definition) is 1. The van der Waals surface area contributed by atoms with E-state index in [1.54, 1.807) is 6.07 Å². The number of sulfonamides is 1. The average molecular weight is 356 g/mol. The van der Waals surface area contributed by atoms with Crippen LogP contribution in [-0.2, 0) is 21.2 Å². The zero-order valence-corrected chi connectivity index (χ0v) is 14.6. The van der Waals surface area contributed by atoms with E-state index >= 15 is 0 Å². The normalized spacial score (nSPS) is 11.3. The largest absolute Gasteiger partial charge is 0.314 e. The van der Waals surface area contributed by atoms with Gasteiger partial charge in [-0.1, -0.05) is 6.92 Å². The van der Waals surface area contributed by atoms with Crippen LogP contribution >= 0.6 is 11.3 Å². The predicted molar refractivity (Wildman–Crippen MR) is 90.0 cm³/mol. The van der Waals surface area contributed by atoms with Crippen molar-refractivity contribution in [3.8, 4) is 0 Å². The Labute approximate surface area is 138 Å². The molecule has 8 heteroatoms. The number of hydrogen-bond acceptors (Lipinski definition) is 4. The van der Waals surface area contributed by atoms with Crippen LogP contribution in [0.25, 0.3) is 0 Å². The van der Waals surface area contributed by atoms with Crippen LogP contribution in [0.15, 0.2) is 34.5 Å². The van der Waals surface area contributed by atoms with Crippen LogP contribution in [0, 0.1) is 5.82 Å². The Bertz CT molecular complexity index is 831. The van der Waals surface area contributed by atoms with Crippen LogP contribution in [-0.4, -0.2) is 21.4 Å². The first kappa shape index (κ1) is 17.4. The summed E-state index contributed by atoms with van der Waals surface area (Å²) in [5, 5.41) is 0. The lowest BCUT2D eigenvalue weighted by molar-refractivity contribution is -0.116. The molecule has 0 aliphatic rings. The number of halogens is 1. The smallest absolute Gasteiger partial charge is 0.271 e. The number of nitrogens with zero attached hydrogens (tertiary/aromatic N) is 1. The molecule has 0 aliphatic heterocycles. The second-order valence-electron chi connectivity index (χ2n) is 4.92. The standard InChI is InChI=1S/C15H17FN2O3S2/c1-4-12-6-8-15(22-12)23(20,21)17-13-9-11(16)5-7-14(13)18(3)10(2)19/h5-9,17H,4H2,1-3H3. The Hall–Kier alpha value is -1.93. The second-order valence-corrected chi connectivity index (χ2v) is 8.00. The summed E-state index contributed by atoms with van der Waals surface area (Å²) in [6, 6.07) is 6.85. The summed E-state index contributed by atoms with van der Waals surface area (Å²) in [6.45, 7) is 3.27. The number of rotatable bonds is 5. The molecule has 0 saturated carbocycles. The third-order valence-electron chi connectivity index (χ3n) is 3.29. The van der Waals surface area contributed by atoms with Gasteiger partial charge < -0.3 is 4.90 Å². The summed E-state index contributed by atoms with van der Waals surface area (Å²) in [4.78, 5) is 13.7. The summed E-state index contributed by atoms with van der Waals surface area (Å²) in [7, 11) is -2.34. The quantitative estimate of drug-likeness (QED) is 0.894. The van der Waals surface area contributed by atoms with Gasteiger partial charge in [0, 0.05) is 24.9 Å². The monoisotopic (exact) mass is 356 g/mol. The third-order valence-corrected chi connectivity index (χ3v) is 6.37. The maximum Gasteiger partial charge on any atom is 0.271 e. The van der Waals surface area contributed by atoms with Crippen molar-refractivity contribution in [2.45, 2.75) is 24.5 Å². The van der Waals surface area contributed by atoms with E-state index in [4.69, 9.17) is 0 Å². The van der Waals surface area contributed by atoms with E-state index in [0.29, 0.717) is 0 Å². The molecule has 0 spiro atoms. The summed E-state index contributed by atoms with van der Waals surface area (Å²) in [5.74, 6) is -0.884. The van der Waals surface area contributed by atoms with E-state index in [-0.39, 0.29) is 21.5 Å². The van der Waals surface area contributed by atoms with Crippen LogP contribution in [0.3, 0.4) is 0 Å². The minimum Gasteiger partial charge on any atom is -0.314 e. The lowest BCUT2D eigenvalue weighted by Crippen LogP contribution is -2.25. The van der Waals surface area contributed by atoms with Crippen molar-refractivity contribution in [2.75, 3.05) is 16.7 Å². The van der Waals surface area contributed by atoms with Crippen molar-refractivity contribution < 1.29 is 17.6 Å². The molecule has 5 nitrogen and oxygen atoms in total. The fourth-order valence-corrected chi connectivity index (χ4v) is 4.30. The molecule has 0 unspecified atom stereocenters. The van der Waals surface area contributed by atoms with E-state index in [1.807, 2.05) is 6.92 Å². The molecule has 0 saturated heterocycles. The topological polar surface area (TPSA) is 66.5 Å². The second kappa shape index (κ2) is 6.67. The molecular formula is C15H17FN2O3S2. The van der Waals surface area contributed by atoms with Gasteiger partial charge in [0.25, 0.3) is 10.0 Å².